The summed E-state index contributed by atoms with van der Waals surface area (Å²) < 4.78 is 0. The molecular formula is C13H21ClN2O. The SMILES string of the molecule is CCCC(=O)N(CCN)Cc1ccccc1.Cl. The molecule has 2 N–H and O–H groups in total. The molecule has 96 valence electrons. The van der Waals surface area contributed by atoms with Crippen molar-refractivity contribution in [2.45, 2.75) is 26.3 Å². The second kappa shape index (κ2) is 9.02. The minimum absolute atomic E-state index is 0. The zero-order valence-corrected chi connectivity index (χ0v) is 11.1. The highest BCUT2D eigenvalue weighted by Crippen LogP contribution is 2.06. The largest absolute Gasteiger partial charge is 0.337 e. The van der Waals surface area contributed by atoms with Crippen LogP contribution in [0.1, 0.15) is 25.3 Å². The van der Waals surface area contributed by atoms with Gasteiger partial charge in [-0.05, 0) is 12.0 Å². The van der Waals surface area contributed by atoms with Gasteiger partial charge in [-0.3, -0.25) is 4.79 Å². The molecule has 0 spiro atoms. The fourth-order valence-corrected chi connectivity index (χ4v) is 1.62. The van der Waals surface area contributed by atoms with Crippen LogP contribution in [0.5, 0.6) is 0 Å². The molecule has 0 radical (unpaired) electrons. The third-order valence-corrected chi connectivity index (χ3v) is 2.43. The Labute approximate surface area is 109 Å². The van der Waals surface area contributed by atoms with E-state index in [0.29, 0.717) is 26.1 Å². The lowest BCUT2D eigenvalue weighted by Gasteiger charge is -2.22. The third kappa shape index (κ3) is 5.71. The summed E-state index contributed by atoms with van der Waals surface area (Å²) in [6.45, 7) is 3.83. The first kappa shape index (κ1) is 15.9. The van der Waals surface area contributed by atoms with E-state index in [1.54, 1.807) is 0 Å². The Morgan fingerprint density at radius 3 is 2.47 bits per heavy atom. The summed E-state index contributed by atoms with van der Waals surface area (Å²) in [6.07, 6.45) is 1.49. The molecule has 0 saturated carbocycles. The predicted molar refractivity (Wildman–Crippen MR) is 73.1 cm³/mol. The fourth-order valence-electron chi connectivity index (χ4n) is 1.62. The molecule has 0 fully saturated rings. The smallest absolute Gasteiger partial charge is 0.222 e. The second-order valence-electron chi connectivity index (χ2n) is 3.84. The van der Waals surface area contributed by atoms with Crippen molar-refractivity contribution < 1.29 is 4.79 Å². The van der Waals surface area contributed by atoms with Gasteiger partial charge in [-0.2, -0.15) is 0 Å². The molecule has 1 rings (SSSR count). The molecule has 1 amide bonds. The first-order valence-electron chi connectivity index (χ1n) is 5.79. The quantitative estimate of drug-likeness (QED) is 0.848. The van der Waals surface area contributed by atoms with Crippen LogP contribution in [0.3, 0.4) is 0 Å². The van der Waals surface area contributed by atoms with Crippen LogP contribution >= 0.6 is 12.4 Å². The highest BCUT2D eigenvalue weighted by molar-refractivity contribution is 5.85. The van der Waals surface area contributed by atoms with Gasteiger partial charge in [0.2, 0.25) is 5.91 Å². The molecule has 3 nitrogen and oxygen atoms in total. The number of benzene rings is 1. The molecule has 0 heterocycles. The van der Waals surface area contributed by atoms with E-state index >= 15 is 0 Å². The van der Waals surface area contributed by atoms with Gasteiger partial charge >= 0.3 is 0 Å². The molecule has 17 heavy (non-hydrogen) atoms. The van der Waals surface area contributed by atoms with Gasteiger partial charge in [0.1, 0.15) is 0 Å². The van der Waals surface area contributed by atoms with Crippen molar-refractivity contribution in [2.75, 3.05) is 13.1 Å². The molecule has 0 aliphatic heterocycles. The highest BCUT2D eigenvalue weighted by atomic mass is 35.5. The minimum Gasteiger partial charge on any atom is -0.337 e. The van der Waals surface area contributed by atoms with Crippen LogP contribution in [0.4, 0.5) is 0 Å². The Bertz CT molecular complexity index is 316. The van der Waals surface area contributed by atoms with Crippen LogP contribution in [0, 0.1) is 0 Å². The highest BCUT2D eigenvalue weighted by Gasteiger charge is 2.11. The van der Waals surface area contributed by atoms with Crippen molar-refractivity contribution in [3.05, 3.63) is 35.9 Å². The lowest BCUT2D eigenvalue weighted by atomic mass is 10.2. The molecule has 0 saturated heterocycles. The zero-order chi connectivity index (χ0) is 11.8. The third-order valence-electron chi connectivity index (χ3n) is 2.43. The van der Waals surface area contributed by atoms with Gasteiger partial charge in [-0.25, -0.2) is 0 Å². The maximum absolute atomic E-state index is 11.8. The molecule has 1 aromatic rings. The van der Waals surface area contributed by atoms with E-state index in [2.05, 4.69) is 0 Å². The molecule has 0 bridgehead atoms. The van der Waals surface area contributed by atoms with Gasteiger partial charge in [-0.15, -0.1) is 12.4 Å². The van der Waals surface area contributed by atoms with Gasteiger partial charge < -0.3 is 10.6 Å². The number of amides is 1. The average molecular weight is 257 g/mol. The van der Waals surface area contributed by atoms with Crippen molar-refractivity contribution in [3.8, 4) is 0 Å². The van der Waals surface area contributed by atoms with Gasteiger partial charge in [0.15, 0.2) is 0 Å². The molecule has 0 atom stereocenters. The lowest BCUT2D eigenvalue weighted by Crippen LogP contribution is -2.34. The van der Waals surface area contributed by atoms with Crippen LogP contribution < -0.4 is 5.73 Å². The van der Waals surface area contributed by atoms with Crippen LogP contribution in [0.2, 0.25) is 0 Å². The van der Waals surface area contributed by atoms with Crippen molar-refractivity contribution in [2.24, 2.45) is 5.73 Å². The monoisotopic (exact) mass is 256 g/mol. The second-order valence-corrected chi connectivity index (χ2v) is 3.84. The van der Waals surface area contributed by atoms with E-state index in [0.717, 1.165) is 12.0 Å². The minimum atomic E-state index is 0. The Balaban J connectivity index is 0.00000256. The normalized spacial score (nSPS) is 9.53. The number of carbonyl (C=O) groups is 1. The van der Waals surface area contributed by atoms with Crippen molar-refractivity contribution in [1.29, 1.82) is 0 Å². The zero-order valence-electron chi connectivity index (χ0n) is 10.3. The van der Waals surface area contributed by atoms with Crippen molar-refractivity contribution >= 4 is 18.3 Å². The summed E-state index contributed by atoms with van der Waals surface area (Å²) in [5.41, 5.74) is 6.68. The van der Waals surface area contributed by atoms with Gasteiger partial charge in [-0.1, -0.05) is 37.3 Å². The first-order chi connectivity index (χ1) is 7.77. The summed E-state index contributed by atoms with van der Waals surface area (Å²) in [6, 6.07) is 10.0. The predicted octanol–water partition coefficient (Wildman–Crippen LogP) is 2.20. The lowest BCUT2D eigenvalue weighted by molar-refractivity contribution is -0.131. The number of hydrogen-bond donors (Lipinski definition) is 1. The summed E-state index contributed by atoms with van der Waals surface area (Å²) in [5, 5.41) is 0. The number of rotatable bonds is 6. The van der Waals surface area contributed by atoms with E-state index < -0.39 is 0 Å². The number of hydrogen-bond acceptors (Lipinski definition) is 2. The fraction of sp³-hybridized carbons (Fsp3) is 0.462. The summed E-state index contributed by atoms with van der Waals surface area (Å²) >= 11 is 0. The van der Waals surface area contributed by atoms with Crippen molar-refractivity contribution in [3.63, 3.8) is 0 Å². The molecule has 4 heteroatoms. The molecule has 1 aromatic carbocycles. The standard InChI is InChI=1S/C13H20N2O.ClH/c1-2-6-13(16)15(10-9-14)11-12-7-4-3-5-8-12;/h3-5,7-8H,2,6,9-11,14H2,1H3;1H. The van der Waals surface area contributed by atoms with E-state index in [4.69, 9.17) is 5.73 Å². The topological polar surface area (TPSA) is 46.3 Å². The van der Waals surface area contributed by atoms with Crippen LogP contribution in [-0.2, 0) is 11.3 Å². The van der Waals surface area contributed by atoms with Gasteiger partial charge in [0.05, 0.1) is 0 Å². The summed E-state index contributed by atoms with van der Waals surface area (Å²) in [5.74, 6) is 0.191. The van der Waals surface area contributed by atoms with Crippen LogP contribution in [-0.4, -0.2) is 23.9 Å². The average Bonchev–Trinajstić information content (AvgIpc) is 2.30. The van der Waals surface area contributed by atoms with Crippen LogP contribution in [0.25, 0.3) is 0 Å². The number of halogens is 1. The van der Waals surface area contributed by atoms with Gasteiger partial charge in [0, 0.05) is 26.1 Å². The molecule has 0 aliphatic carbocycles. The Hall–Kier alpha value is -1.06. The Kier molecular flexibility index (Phi) is 8.46. The van der Waals surface area contributed by atoms with Gasteiger partial charge in [0.25, 0.3) is 0 Å². The molecular weight excluding hydrogens is 236 g/mol. The van der Waals surface area contributed by atoms with E-state index in [1.165, 1.54) is 0 Å². The maximum Gasteiger partial charge on any atom is 0.222 e. The van der Waals surface area contributed by atoms with Crippen LogP contribution in [0.15, 0.2) is 30.3 Å². The van der Waals surface area contributed by atoms with E-state index in [1.807, 2.05) is 42.2 Å². The molecule has 0 aromatic heterocycles. The summed E-state index contributed by atoms with van der Waals surface area (Å²) in [7, 11) is 0. The summed E-state index contributed by atoms with van der Waals surface area (Å²) in [4.78, 5) is 13.6. The molecule has 0 aliphatic rings. The number of nitrogens with zero attached hydrogens (tertiary/aromatic N) is 1. The Morgan fingerprint density at radius 2 is 1.94 bits per heavy atom. The Morgan fingerprint density at radius 1 is 1.29 bits per heavy atom. The number of nitrogens with two attached hydrogens (primary N) is 1. The molecule has 0 unspecified atom stereocenters. The van der Waals surface area contributed by atoms with Crippen molar-refractivity contribution in [1.82, 2.24) is 4.90 Å². The van der Waals surface area contributed by atoms with E-state index in [9.17, 15) is 4.79 Å². The van der Waals surface area contributed by atoms with E-state index in [-0.39, 0.29) is 18.3 Å². The number of carbonyl (C=O) groups excluding carboxylic acids is 1. The maximum atomic E-state index is 11.8. The first-order valence-corrected chi connectivity index (χ1v) is 5.79.